The lowest BCUT2D eigenvalue weighted by Crippen LogP contribution is -2.48. The molecule has 34 heavy (non-hydrogen) atoms. The van der Waals surface area contributed by atoms with E-state index in [0.29, 0.717) is 35.7 Å². The number of amides is 2. The average Bonchev–Trinajstić information content (AvgIpc) is 3.32. The van der Waals surface area contributed by atoms with Crippen LogP contribution < -0.4 is 4.74 Å². The molecule has 1 saturated heterocycles. The number of likely N-dealkylation sites (N-methyl/N-ethyl adjacent to an activating group) is 1. The van der Waals surface area contributed by atoms with Crippen LogP contribution in [0.25, 0.3) is 0 Å². The maximum absolute atomic E-state index is 13.3. The van der Waals surface area contributed by atoms with Gasteiger partial charge < -0.3 is 19.0 Å². The summed E-state index contributed by atoms with van der Waals surface area (Å²) in [4.78, 5) is 30.2. The molecule has 1 aromatic heterocycles. The molecule has 2 heterocycles. The zero-order chi connectivity index (χ0) is 24.1. The topological polar surface area (TPSA) is 63.0 Å². The van der Waals surface area contributed by atoms with E-state index < -0.39 is 0 Å². The van der Waals surface area contributed by atoms with Crippen LogP contribution in [-0.4, -0.2) is 54.9 Å². The van der Waals surface area contributed by atoms with E-state index in [1.165, 1.54) is 5.56 Å². The minimum absolute atomic E-state index is 0.0235. The summed E-state index contributed by atoms with van der Waals surface area (Å²) < 4.78 is 10.6. The number of furan rings is 1. The summed E-state index contributed by atoms with van der Waals surface area (Å²) in [7, 11) is 3.49. The fourth-order valence-corrected chi connectivity index (χ4v) is 4.85. The molecule has 1 unspecified atom stereocenters. The number of carbonyl (C=O) groups is 2. The van der Waals surface area contributed by atoms with Gasteiger partial charge >= 0.3 is 0 Å². The van der Waals surface area contributed by atoms with Gasteiger partial charge in [0, 0.05) is 31.7 Å². The lowest BCUT2D eigenvalue weighted by atomic mass is 9.84. The Morgan fingerprint density at radius 3 is 2.47 bits per heavy atom. The fraction of sp³-hybridized carbons (Fsp3) is 0.357. The van der Waals surface area contributed by atoms with Crippen molar-refractivity contribution in [2.45, 2.75) is 32.2 Å². The third kappa shape index (κ3) is 5.16. The van der Waals surface area contributed by atoms with Gasteiger partial charge in [0.15, 0.2) is 0 Å². The van der Waals surface area contributed by atoms with E-state index >= 15 is 0 Å². The van der Waals surface area contributed by atoms with Crippen molar-refractivity contribution in [1.29, 1.82) is 0 Å². The Labute approximate surface area is 201 Å². The second-order valence-electron chi connectivity index (χ2n) is 8.93. The van der Waals surface area contributed by atoms with Crippen molar-refractivity contribution in [3.63, 3.8) is 0 Å². The molecule has 0 spiro atoms. The van der Waals surface area contributed by atoms with Crippen molar-refractivity contribution in [3.05, 3.63) is 89.4 Å². The Morgan fingerprint density at radius 2 is 1.82 bits per heavy atom. The molecule has 0 aliphatic carbocycles. The number of hydrogen-bond donors (Lipinski definition) is 0. The molecule has 3 aromatic rings. The van der Waals surface area contributed by atoms with Gasteiger partial charge in [0.05, 0.1) is 18.9 Å². The van der Waals surface area contributed by atoms with Crippen molar-refractivity contribution >= 4 is 11.8 Å². The molecule has 6 nitrogen and oxygen atoms in total. The van der Waals surface area contributed by atoms with E-state index in [4.69, 9.17) is 9.15 Å². The highest BCUT2D eigenvalue weighted by atomic mass is 16.5. The Hall–Kier alpha value is -3.54. The van der Waals surface area contributed by atoms with E-state index in [2.05, 4.69) is 12.1 Å². The van der Waals surface area contributed by atoms with Gasteiger partial charge in [-0.1, -0.05) is 36.4 Å². The van der Waals surface area contributed by atoms with Crippen LogP contribution in [0.3, 0.4) is 0 Å². The molecule has 178 valence electrons. The number of likely N-dealkylation sites (tertiary alicyclic amines) is 1. The summed E-state index contributed by atoms with van der Waals surface area (Å²) in [5.41, 5.74) is 2.44. The fourth-order valence-electron chi connectivity index (χ4n) is 4.85. The van der Waals surface area contributed by atoms with Gasteiger partial charge in [-0.05, 0) is 61.9 Å². The van der Waals surface area contributed by atoms with E-state index in [0.717, 1.165) is 19.3 Å². The molecule has 0 radical (unpaired) electrons. The zero-order valence-corrected chi connectivity index (χ0v) is 20.1. The number of piperidine rings is 1. The zero-order valence-electron chi connectivity index (χ0n) is 20.1. The first kappa shape index (κ1) is 23.6. The molecule has 2 amide bonds. The van der Waals surface area contributed by atoms with Crippen LogP contribution in [0, 0.1) is 12.8 Å². The quantitative estimate of drug-likeness (QED) is 0.507. The highest BCUT2D eigenvalue weighted by Crippen LogP contribution is 2.29. The molecule has 6 heteroatoms. The molecular formula is C28H32N2O4. The lowest BCUT2D eigenvalue weighted by molar-refractivity contribution is 0.0521. The molecule has 4 rings (SSSR count). The third-order valence-electron chi connectivity index (χ3n) is 6.88. The van der Waals surface area contributed by atoms with Crippen LogP contribution in [-0.2, 0) is 6.42 Å². The first-order valence-corrected chi connectivity index (χ1v) is 11.8. The van der Waals surface area contributed by atoms with Crippen LogP contribution >= 0.6 is 0 Å². The van der Waals surface area contributed by atoms with Crippen molar-refractivity contribution in [2.24, 2.45) is 5.92 Å². The van der Waals surface area contributed by atoms with Crippen LogP contribution in [0.4, 0.5) is 0 Å². The summed E-state index contributed by atoms with van der Waals surface area (Å²) in [5, 5.41) is 0. The normalized spacial score (nSPS) is 15.1. The third-order valence-corrected chi connectivity index (χ3v) is 6.88. The molecule has 1 aliphatic heterocycles. The average molecular weight is 461 g/mol. The monoisotopic (exact) mass is 460 g/mol. The van der Waals surface area contributed by atoms with Crippen LogP contribution in [0.2, 0.25) is 0 Å². The minimum Gasteiger partial charge on any atom is -0.497 e. The maximum Gasteiger partial charge on any atom is 0.257 e. The van der Waals surface area contributed by atoms with E-state index in [1.807, 2.05) is 60.2 Å². The molecule has 1 fully saturated rings. The Bertz CT molecular complexity index is 1120. The van der Waals surface area contributed by atoms with Gasteiger partial charge in [-0.3, -0.25) is 9.59 Å². The number of rotatable bonds is 7. The molecule has 2 aromatic carbocycles. The van der Waals surface area contributed by atoms with E-state index in [1.54, 1.807) is 25.5 Å². The smallest absolute Gasteiger partial charge is 0.257 e. The predicted molar refractivity (Wildman–Crippen MR) is 131 cm³/mol. The van der Waals surface area contributed by atoms with Crippen LogP contribution in [0.15, 0.2) is 71.3 Å². The molecule has 0 N–H and O–H groups in total. The van der Waals surface area contributed by atoms with Gasteiger partial charge in [-0.25, -0.2) is 0 Å². The predicted octanol–water partition coefficient (Wildman–Crippen LogP) is 4.83. The first-order chi connectivity index (χ1) is 16.5. The summed E-state index contributed by atoms with van der Waals surface area (Å²) in [5.74, 6) is 1.60. The van der Waals surface area contributed by atoms with E-state index in [9.17, 15) is 9.59 Å². The number of benzene rings is 2. The Morgan fingerprint density at radius 1 is 1.09 bits per heavy atom. The van der Waals surface area contributed by atoms with Gasteiger partial charge in [-0.2, -0.15) is 0 Å². The van der Waals surface area contributed by atoms with Gasteiger partial charge in [0.1, 0.15) is 11.5 Å². The number of carbonyl (C=O) groups excluding carboxylic acids is 2. The minimum atomic E-state index is -0.0259. The van der Waals surface area contributed by atoms with Crippen molar-refractivity contribution in [3.8, 4) is 5.75 Å². The van der Waals surface area contributed by atoms with Crippen molar-refractivity contribution in [1.82, 2.24) is 9.80 Å². The Kier molecular flexibility index (Phi) is 7.36. The number of aryl methyl sites for hydroxylation is 1. The standard InChI is InChI=1S/C28H32N2O4/c1-20-25(14-17-34-20)28(32)29(2)26(18-21-8-5-4-6-9-21)22-12-15-30(16-13-22)27(31)23-10-7-11-24(19-23)33-3/h4-11,14,17,19,22,26H,12-13,15-16,18H2,1-3H3. The highest BCUT2D eigenvalue weighted by molar-refractivity contribution is 5.95. The van der Waals surface area contributed by atoms with Gasteiger partial charge in [-0.15, -0.1) is 0 Å². The largest absolute Gasteiger partial charge is 0.497 e. The number of ether oxygens (including phenoxy) is 1. The summed E-state index contributed by atoms with van der Waals surface area (Å²) in [6.07, 6.45) is 4.02. The first-order valence-electron chi connectivity index (χ1n) is 11.8. The second kappa shape index (κ2) is 10.6. The summed E-state index contributed by atoms with van der Waals surface area (Å²) >= 11 is 0. The maximum atomic E-state index is 13.3. The van der Waals surface area contributed by atoms with Gasteiger partial charge in [0.2, 0.25) is 0 Å². The van der Waals surface area contributed by atoms with Crippen molar-refractivity contribution < 1.29 is 18.7 Å². The number of nitrogens with zero attached hydrogens (tertiary/aromatic N) is 2. The molecule has 0 saturated carbocycles. The van der Waals surface area contributed by atoms with Crippen molar-refractivity contribution in [2.75, 3.05) is 27.2 Å². The van der Waals surface area contributed by atoms with Crippen LogP contribution in [0.1, 0.15) is 44.9 Å². The molecule has 1 aliphatic rings. The lowest BCUT2D eigenvalue weighted by Gasteiger charge is -2.40. The SMILES string of the molecule is COc1cccc(C(=O)N2CCC(C(Cc3ccccc3)N(C)C(=O)c3ccoc3C)CC2)c1. The second-order valence-corrected chi connectivity index (χ2v) is 8.93. The number of hydrogen-bond acceptors (Lipinski definition) is 4. The van der Waals surface area contributed by atoms with Gasteiger partial charge in [0.25, 0.3) is 11.8 Å². The Balaban J connectivity index is 1.49. The summed E-state index contributed by atoms with van der Waals surface area (Å²) in [6.45, 7) is 3.15. The molecule has 0 bridgehead atoms. The molecule has 1 atom stereocenters. The summed E-state index contributed by atoms with van der Waals surface area (Å²) in [6, 6.07) is 19.3. The highest BCUT2D eigenvalue weighted by Gasteiger charge is 2.34. The van der Waals surface area contributed by atoms with Crippen LogP contribution in [0.5, 0.6) is 5.75 Å². The number of methoxy groups -OCH3 is 1. The van der Waals surface area contributed by atoms with E-state index in [-0.39, 0.29) is 23.8 Å². The molecular weight excluding hydrogens is 428 g/mol.